The van der Waals surface area contributed by atoms with E-state index in [9.17, 15) is 0 Å². The van der Waals surface area contributed by atoms with E-state index in [2.05, 4.69) is 65.5 Å². The van der Waals surface area contributed by atoms with Gasteiger partial charge in [-0.3, -0.25) is 4.90 Å². The SMILES string of the molecule is CSC1CCCC1N1CCCNC(C)(c2ccccc2)C1. The third-order valence-electron chi connectivity index (χ3n) is 5.26. The Morgan fingerprint density at radius 2 is 2.00 bits per heavy atom. The van der Waals surface area contributed by atoms with Crippen LogP contribution in [-0.2, 0) is 5.54 Å². The number of nitrogens with zero attached hydrogens (tertiary/aromatic N) is 1. The van der Waals surface area contributed by atoms with Crippen molar-refractivity contribution in [3.05, 3.63) is 35.9 Å². The Hall–Kier alpha value is -0.510. The molecule has 0 bridgehead atoms. The highest BCUT2D eigenvalue weighted by molar-refractivity contribution is 7.99. The lowest BCUT2D eigenvalue weighted by atomic mass is 9.91. The van der Waals surface area contributed by atoms with E-state index in [4.69, 9.17) is 0 Å². The minimum Gasteiger partial charge on any atom is -0.307 e. The molecule has 1 aliphatic heterocycles. The number of rotatable bonds is 3. The van der Waals surface area contributed by atoms with Crippen LogP contribution in [0.5, 0.6) is 0 Å². The number of hydrogen-bond acceptors (Lipinski definition) is 3. The van der Waals surface area contributed by atoms with Crippen LogP contribution in [0.1, 0.15) is 38.2 Å². The van der Waals surface area contributed by atoms with Gasteiger partial charge in [0.1, 0.15) is 0 Å². The predicted octanol–water partition coefficient (Wildman–Crippen LogP) is 3.48. The van der Waals surface area contributed by atoms with Crippen LogP contribution in [0.2, 0.25) is 0 Å². The summed E-state index contributed by atoms with van der Waals surface area (Å²) >= 11 is 2.07. The fraction of sp³-hybridized carbons (Fsp3) is 0.667. The molecule has 3 unspecified atom stereocenters. The van der Waals surface area contributed by atoms with Gasteiger partial charge in [-0.25, -0.2) is 0 Å². The summed E-state index contributed by atoms with van der Waals surface area (Å²) in [5.41, 5.74) is 1.51. The molecule has 3 atom stereocenters. The molecule has 0 aromatic heterocycles. The van der Waals surface area contributed by atoms with Crippen molar-refractivity contribution in [2.24, 2.45) is 0 Å². The molecule has 1 aromatic carbocycles. The van der Waals surface area contributed by atoms with Gasteiger partial charge in [-0.2, -0.15) is 11.8 Å². The van der Waals surface area contributed by atoms with Crippen LogP contribution in [0.25, 0.3) is 0 Å². The molecule has 116 valence electrons. The van der Waals surface area contributed by atoms with E-state index in [1.54, 1.807) is 0 Å². The highest BCUT2D eigenvalue weighted by atomic mass is 32.2. The monoisotopic (exact) mass is 304 g/mol. The van der Waals surface area contributed by atoms with Gasteiger partial charge in [0.05, 0.1) is 5.54 Å². The minimum atomic E-state index is 0.0866. The summed E-state index contributed by atoms with van der Waals surface area (Å²) < 4.78 is 0. The quantitative estimate of drug-likeness (QED) is 0.920. The van der Waals surface area contributed by atoms with Gasteiger partial charge in [-0.05, 0) is 51.1 Å². The Kier molecular flexibility index (Phi) is 4.92. The molecule has 3 rings (SSSR count). The van der Waals surface area contributed by atoms with Gasteiger partial charge in [-0.15, -0.1) is 0 Å². The number of benzene rings is 1. The molecule has 2 aliphatic rings. The average molecular weight is 305 g/mol. The highest BCUT2D eigenvalue weighted by Crippen LogP contribution is 2.35. The van der Waals surface area contributed by atoms with Crippen LogP contribution < -0.4 is 5.32 Å². The molecular formula is C18H28N2S. The molecule has 1 saturated heterocycles. The fourth-order valence-electron chi connectivity index (χ4n) is 4.07. The van der Waals surface area contributed by atoms with Gasteiger partial charge in [0.2, 0.25) is 0 Å². The molecule has 21 heavy (non-hydrogen) atoms. The zero-order valence-electron chi connectivity index (χ0n) is 13.3. The third kappa shape index (κ3) is 3.30. The van der Waals surface area contributed by atoms with Gasteiger partial charge in [-0.1, -0.05) is 36.8 Å². The van der Waals surface area contributed by atoms with Crippen molar-refractivity contribution in [2.45, 2.75) is 49.4 Å². The maximum Gasteiger partial charge on any atom is 0.0535 e. The van der Waals surface area contributed by atoms with Crippen molar-refractivity contribution < 1.29 is 0 Å². The van der Waals surface area contributed by atoms with Crippen LogP contribution in [0.4, 0.5) is 0 Å². The molecule has 2 fully saturated rings. The molecular weight excluding hydrogens is 276 g/mol. The fourth-order valence-corrected chi connectivity index (χ4v) is 5.09. The third-order valence-corrected chi connectivity index (χ3v) is 6.41. The van der Waals surface area contributed by atoms with E-state index < -0.39 is 0 Å². The van der Waals surface area contributed by atoms with E-state index in [1.165, 1.54) is 37.8 Å². The van der Waals surface area contributed by atoms with E-state index >= 15 is 0 Å². The van der Waals surface area contributed by atoms with Crippen LogP contribution in [0, 0.1) is 0 Å². The van der Waals surface area contributed by atoms with E-state index in [0.717, 1.165) is 24.4 Å². The number of hydrogen-bond donors (Lipinski definition) is 1. The van der Waals surface area contributed by atoms with Crippen molar-refractivity contribution in [3.8, 4) is 0 Å². The summed E-state index contributed by atoms with van der Waals surface area (Å²) in [5, 5.41) is 4.65. The maximum atomic E-state index is 3.81. The van der Waals surface area contributed by atoms with Crippen molar-refractivity contribution in [2.75, 3.05) is 25.9 Å². The summed E-state index contributed by atoms with van der Waals surface area (Å²) in [4.78, 5) is 2.78. The predicted molar refractivity (Wildman–Crippen MR) is 92.9 cm³/mol. The van der Waals surface area contributed by atoms with Crippen LogP contribution >= 0.6 is 11.8 Å². The van der Waals surface area contributed by atoms with Crippen molar-refractivity contribution in [1.82, 2.24) is 10.2 Å². The van der Waals surface area contributed by atoms with Gasteiger partial charge in [0.25, 0.3) is 0 Å². The average Bonchev–Trinajstić information content (AvgIpc) is 2.91. The van der Waals surface area contributed by atoms with E-state index in [-0.39, 0.29) is 5.54 Å². The van der Waals surface area contributed by atoms with E-state index in [1.807, 2.05) is 0 Å². The van der Waals surface area contributed by atoms with Crippen LogP contribution in [0.3, 0.4) is 0 Å². The summed E-state index contributed by atoms with van der Waals surface area (Å²) in [6.07, 6.45) is 7.74. The number of thioether (sulfide) groups is 1. The van der Waals surface area contributed by atoms with Crippen molar-refractivity contribution in [3.63, 3.8) is 0 Å². The molecule has 0 radical (unpaired) electrons. The Morgan fingerprint density at radius 3 is 2.76 bits per heavy atom. The molecule has 1 N–H and O–H groups in total. The van der Waals surface area contributed by atoms with E-state index in [0.29, 0.717) is 0 Å². The summed E-state index contributed by atoms with van der Waals surface area (Å²) in [6.45, 7) is 5.89. The first-order chi connectivity index (χ1) is 10.2. The maximum absolute atomic E-state index is 3.81. The second-order valence-corrected chi connectivity index (χ2v) is 7.80. The first kappa shape index (κ1) is 15.4. The van der Waals surface area contributed by atoms with Crippen molar-refractivity contribution in [1.29, 1.82) is 0 Å². The second kappa shape index (κ2) is 6.72. The first-order valence-electron chi connectivity index (χ1n) is 8.30. The van der Waals surface area contributed by atoms with Crippen LogP contribution in [0.15, 0.2) is 30.3 Å². The van der Waals surface area contributed by atoms with Gasteiger partial charge < -0.3 is 5.32 Å². The standard InChI is InChI=1S/C18H28N2S/c1-18(15-8-4-3-5-9-15)14-20(13-7-12-19-18)16-10-6-11-17(16)21-2/h3-5,8-9,16-17,19H,6-7,10-14H2,1-2H3. The van der Waals surface area contributed by atoms with Gasteiger partial charge >= 0.3 is 0 Å². The molecule has 1 aliphatic carbocycles. The highest BCUT2D eigenvalue weighted by Gasteiger charge is 2.37. The Labute approximate surface area is 133 Å². The molecule has 1 heterocycles. The minimum absolute atomic E-state index is 0.0866. The normalized spacial score (nSPS) is 34.8. The lowest BCUT2D eigenvalue weighted by Crippen LogP contribution is -2.50. The molecule has 1 saturated carbocycles. The molecule has 1 aromatic rings. The molecule has 0 spiro atoms. The van der Waals surface area contributed by atoms with Gasteiger partial charge in [0, 0.05) is 17.8 Å². The summed E-state index contributed by atoms with van der Waals surface area (Å²) in [7, 11) is 0. The molecule has 0 amide bonds. The number of nitrogens with one attached hydrogen (secondary N) is 1. The Bertz CT molecular complexity index is 450. The van der Waals surface area contributed by atoms with Crippen LogP contribution in [-0.4, -0.2) is 42.1 Å². The lowest BCUT2D eigenvalue weighted by Gasteiger charge is -2.38. The largest absolute Gasteiger partial charge is 0.307 e. The molecule has 2 nitrogen and oxygen atoms in total. The lowest BCUT2D eigenvalue weighted by molar-refractivity contribution is 0.166. The summed E-state index contributed by atoms with van der Waals surface area (Å²) in [5.74, 6) is 0. The Morgan fingerprint density at radius 1 is 1.19 bits per heavy atom. The Balaban J connectivity index is 1.80. The van der Waals surface area contributed by atoms with Gasteiger partial charge in [0.15, 0.2) is 0 Å². The van der Waals surface area contributed by atoms with Crippen molar-refractivity contribution >= 4 is 11.8 Å². The second-order valence-electron chi connectivity index (χ2n) is 6.72. The topological polar surface area (TPSA) is 15.3 Å². The zero-order chi connectivity index (χ0) is 14.7. The zero-order valence-corrected chi connectivity index (χ0v) is 14.2. The smallest absolute Gasteiger partial charge is 0.0535 e. The summed E-state index contributed by atoms with van der Waals surface area (Å²) in [6, 6.07) is 11.8. The molecule has 3 heteroatoms. The first-order valence-corrected chi connectivity index (χ1v) is 9.59.